The summed E-state index contributed by atoms with van der Waals surface area (Å²) in [4.78, 5) is 19.1. The van der Waals surface area contributed by atoms with Crippen LogP contribution in [0.5, 0.6) is 0 Å². The normalized spacial score (nSPS) is 33.0. The maximum atomic E-state index is 13.1. The molecule has 0 unspecified atom stereocenters. The summed E-state index contributed by atoms with van der Waals surface area (Å²) < 4.78 is 38.8. The Morgan fingerprint density at radius 2 is 1.73 bits per heavy atom. The van der Waals surface area contributed by atoms with Crippen molar-refractivity contribution in [3.8, 4) is 0 Å². The van der Waals surface area contributed by atoms with Gasteiger partial charge in [0.25, 0.3) is 0 Å². The van der Waals surface area contributed by atoms with Gasteiger partial charge in [0.05, 0.1) is 16.6 Å². The number of H-pyrrole nitrogens is 1. The second kappa shape index (κ2) is 5.24. The molecule has 0 saturated heterocycles. The van der Waals surface area contributed by atoms with E-state index in [1.807, 2.05) is 0 Å². The average Bonchev–Trinajstić information content (AvgIpc) is 2.99. The molecule has 0 radical (unpaired) electrons. The van der Waals surface area contributed by atoms with Gasteiger partial charge in [0.1, 0.15) is 5.52 Å². The molecule has 138 valence electrons. The number of benzene rings is 1. The molecule has 1 heterocycles. The molecule has 4 bridgehead atoms. The van der Waals surface area contributed by atoms with E-state index in [1.54, 1.807) is 12.1 Å². The quantitative estimate of drug-likeness (QED) is 0.810. The zero-order chi connectivity index (χ0) is 18.1. The number of fused-ring (bicyclic) bond motifs is 1. The highest BCUT2D eigenvalue weighted by Crippen LogP contribution is 2.60. The number of alkyl halides is 3. The minimum Gasteiger partial charge on any atom is -0.334 e. The summed E-state index contributed by atoms with van der Waals surface area (Å²) in [5.74, 6) is 0.810. The number of rotatable bonds is 2. The van der Waals surface area contributed by atoms with Gasteiger partial charge in [-0.05, 0) is 68.4 Å². The van der Waals surface area contributed by atoms with E-state index in [-0.39, 0.29) is 22.4 Å². The number of nitrogens with one attached hydrogen (secondary N) is 2. The first kappa shape index (κ1) is 16.1. The Morgan fingerprint density at radius 1 is 1.12 bits per heavy atom. The molecule has 2 aromatic rings. The number of para-hydroxylation sites is 1. The van der Waals surface area contributed by atoms with E-state index >= 15 is 0 Å². The van der Waals surface area contributed by atoms with Crippen LogP contribution in [0.1, 0.15) is 44.3 Å². The SMILES string of the molecule is O=C(Nc1cccc2[nH]c(C(F)(F)F)nc12)C12CC3CC(CC(C3)C1)C2. The van der Waals surface area contributed by atoms with Crippen molar-refractivity contribution in [3.05, 3.63) is 24.0 Å². The van der Waals surface area contributed by atoms with Gasteiger partial charge in [-0.3, -0.25) is 4.79 Å². The highest BCUT2D eigenvalue weighted by Gasteiger charge is 2.54. The molecule has 26 heavy (non-hydrogen) atoms. The molecule has 0 spiro atoms. The van der Waals surface area contributed by atoms with Crippen LogP contribution in [-0.2, 0) is 11.0 Å². The largest absolute Gasteiger partial charge is 0.449 e. The van der Waals surface area contributed by atoms with Crippen molar-refractivity contribution in [1.29, 1.82) is 0 Å². The van der Waals surface area contributed by atoms with Gasteiger partial charge >= 0.3 is 6.18 Å². The number of imidazole rings is 1. The zero-order valence-electron chi connectivity index (χ0n) is 14.2. The Labute approximate surface area is 148 Å². The van der Waals surface area contributed by atoms with Crippen LogP contribution < -0.4 is 5.32 Å². The lowest BCUT2D eigenvalue weighted by Gasteiger charge is -2.55. The third-order valence-corrected chi connectivity index (χ3v) is 6.55. The van der Waals surface area contributed by atoms with Crippen LogP contribution in [0.3, 0.4) is 0 Å². The summed E-state index contributed by atoms with van der Waals surface area (Å²) in [5, 5.41) is 2.92. The van der Waals surface area contributed by atoms with Gasteiger partial charge < -0.3 is 10.3 Å². The van der Waals surface area contributed by atoms with Crippen molar-refractivity contribution in [3.63, 3.8) is 0 Å². The van der Waals surface area contributed by atoms with Crippen molar-refractivity contribution < 1.29 is 18.0 Å². The van der Waals surface area contributed by atoms with Crippen molar-refractivity contribution in [1.82, 2.24) is 9.97 Å². The van der Waals surface area contributed by atoms with Gasteiger partial charge in [-0.25, -0.2) is 4.98 Å². The molecule has 1 amide bonds. The molecule has 4 nitrogen and oxygen atoms in total. The molecule has 4 saturated carbocycles. The number of halogens is 3. The number of amides is 1. The number of anilines is 1. The summed E-state index contributed by atoms with van der Waals surface area (Å²) in [7, 11) is 0. The summed E-state index contributed by atoms with van der Waals surface area (Å²) >= 11 is 0. The van der Waals surface area contributed by atoms with E-state index in [2.05, 4.69) is 15.3 Å². The van der Waals surface area contributed by atoms with Crippen LogP contribution in [-0.4, -0.2) is 15.9 Å². The first-order chi connectivity index (χ1) is 12.3. The van der Waals surface area contributed by atoms with Gasteiger partial charge in [0.15, 0.2) is 0 Å². The third kappa shape index (κ3) is 2.43. The van der Waals surface area contributed by atoms with E-state index in [0.717, 1.165) is 19.3 Å². The smallest absolute Gasteiger partial charge is 0.334 e. The topological polar surface area (TPSA) is 57.8 Å². The molecule has 4 aliphatic rings. The number of aromatic nitrogens is 2. The van der Waals surface area contributed by atoms with E-state index < -0.39 is 12.0 Å². The van der Waals surface area contributed by atoms with E-state index in [0.29, 0.717) is 23.4 Å². The van der Waals surface area contributed by atoms with Crippen molar-refractivity contribution in [2.24, 2.45) is 23.2 Å². The fourth-order valence-corrected chi connectivity index (χ4v) is 5.91. The van der Waals surface area contributed by atoms with Crippen LogP contribution >= 0.6 is 0 Å². The summed E-state index contributed by atoms with van der Waals surface area (Å²) in [6.07, 6.45) is 1.89. The Balaban J connectivity index is 1.46. The Kier molecular flexibility index (Phi) is 3.25. The minimum absolute atomic E-state index is 0.0411. The second-order valence-corrected chi connectivity index (χ2v) is 8.44. The molecule has 0 aliphatic heterocycles. The second-order valence-electron chi connectivity index (χ2n) is 8.44. The third-order valence-electron chi connectivity index (χ3n) is 6.55. The number of aromatic amines is 1. The molecule has 6 rings (SSSR count). The van der Waals surface area contributed by atoms with Gasteiger partial charge in [0.2, 0.25) is 11.7 Å². The van der Waals surface area contributed by atoms with Crippen LogP contribution in [0.4, 0.5) is 18.9 Å². The van der Waals surface area contributed by atoms with Gasteiger partial charge in [-0.2, -0.15) is 13.2 Å². The fourth-order valence-electron chi connectivity index (χ4n) is 5.91. The van der Waals surface area contributed by atoms with Crippen LogP contribution in [0, 0.1) is 23.2 Å². The number of nitrogens with zero attached hydrogens (tertiary/aromatic N) is 1. The Hall–Kier alpha value is -2.05. The molecule has 1 aromatic heterocycles. The molecule has 4 aliphatic carbocycles. The predicted octanol–water partition coefficient (Wildman–Crippen LogP) is 4.74. The Bertz CT molecular complexity index is 850. The number of carbonyl (C=O) groups excluding carboxylic acids is 1. The number of hydrogen-bond donors (Lipinski definition) is 2. The molecule has 4 fully saturated rings. The van der Waals surface area contributed by atoms with Gasteiger partial charge in [0, 0.05) is 0 Å². The number of carbonyl (C=O) groups is 1. The standard InChI is InChI=1S/C19H20F3N3O/c20-19(21,22)16-23-13-2-1-3-14(15(13)25-16)24-17(26)18-7-10-4-11(8-18)6-12(5-10)9-18/h1-3,10-12H,4-9H2,(H,23,25)(H,24,26). The highest BCUT2D eigenvalue weighted by molar-refractivity contribution is 6.02. The maximum Gasteiger partial charge on any atom is 0.449 e. The van der Waals surface area contributed by atoms with Gasteiger partial charge in [-0.1, -0.05) is 6.07 Å². The predicted molar refractivity (Wildman–Crippen MR) is 90.3 cm³/mol. The molecular weight excluding hydrogens is 343 g/mol. The lowest BCUT2D eigenvalue weighted by molar-refractivity contribution is -0.144. The van der Waals surface area contributed by atoms with Crippen LogP contribution in [0.25, 0.3) is 11.0 Å². The first-order valence-electron chi connectivity index (χ1n) is 9.20. The fraction of sp³-hybridized carbons (Fsp3) is 0.579. The minimum atomic E-state index is -4.54. The average molecular weight is 363 g/mol. The highest BCUT2D eigenvalue weighted by atomic mass is 19.4. The van der Waals surface area contributed by atoms with E-state index in [4.69, 9.17) is 0 Å². The maximum absolute atomic E-state index is 13.1. The summed E-state index contributed by atoms with van der Waals surface area (Å²) in [6, 6.07) is 4.80. The number of hydrogen-bond acceptors (Lipinski definition) is 2. The Morgan fingerprint density at radius 3 is 2.31 bits per heavy atom. The summed E-state index contributed by atoms with van der Waals surface area (Å²) in [5.41, 5.74) is 0.452. The molecule has 7 heteroatoms. The molecular formula is C19H20F3N3O. The monoisotopic (exact) mass is 363 g/mol. The van der Waals surface area contributed by atoms with Crippen molar-refractivity contribution >= 4 is 22.6 Å². The lowest BCUT2D eigenvalue weighted by atomic mass is 9.49. The lowest BCUT2D eigenvalue weighted by Crippen LogP contribution is -2.51. The van der Waals surface area contributed by atoms with Gasteiger partial charge in [-0.15, -0.1) is 0 Å². The van der Waals surface area contributed by atoms with Crippen LogP contribution in [0.2, 0.25) is 0 Å². The summed E-state index contributed by atoms with van der Waals surface area (Å²) in [6.45, 7) is 0. The van der Waals surface area contributed by atoms with Crippen LogP contribution in [0.15, 0.2) is 18.2 Å². The molecule has 0 atom stereocenters. The first-order valence-corrected chi connectivity index (χ1v) is 9.20. The van der Waals surface area contributed by atoms with Crippen molar-refractivity contribution in [2.45, 2.75) is 44.7 Å². The van der Waals surface area contributed by atoms with E-state index in [1.165, 1.54) is 25.3 Å². The zero-order valence-corrected chi connectivity index (χ0v) is 14.2. The molecule has 2 N–H and O–H groups in total. The molecule has 1 aromatic carbocycles. The van der Waals surface area contributed by atoms with E-state index in [9.17, 15) is 18.0 Å². The van der Waals surface area contributed by atoms with Crippen molar-refractivity contribution in [2.75, 3.05) is 5.32 Å².